The van der Waals surface area contributed by atoms with Crippen molar-refractivity contribution in [3.63, 3.8) is 0 Å². The molecule has 1 heterocycles. The zero-order chi connectivity index (χ0) is 15.8. The lowest BCUT2D eigenvalue weighted by atomic mass is 9.63. The van der Waals surface area contributed by atoms with E-state index in [2.05, 4.69) is 53.4 Å². The first-order valence-electron chi connectivity index (χ1n) is 7.65. The number of nitrogens with one attached hydrogen (secondary N) is 2. The van der Waals surface area contributed by atoms with Crippen LogP contribution in [0.3, 0.4) is 0 Å². The first-order valence-corrected chi connectivity index (χ1v) is 7.65. The maximum atomic E-state index is 5.47. The molecule has 0 atom stereocenters. The SMILES string of the molecule is C=C(B1Nc2cccc3cccc(c23)N1)c1ccccc1OC. The van der Waals surface area contributed by atoms with Crippen LogP contribution in [-0.2, 0) is 0 Å². The molecule has 0 aromatic heterocycles. The van der Waals surface area contributed by atoms with Crippen molar-refractivity contribution in [1.82, 2.24) is 0 Å². The Morgan fingerprint density at radius 1 is 0.913 bits per heavy atom. The molecule has 1 aliphatic rings. The van der Waals surface area contributed by atoms with Crippen molar-refractivity contribution in [2.24, 2.45) is 0 Å². The molecule has 0 fully saturated rings. The molecule has 4 rings (SSSR count). The van der Waals surface area contributed by atoms with Crippen molar-refractivity contribution >= 4 is 34.6 Å². The Hall–Kier alpha value is -2.88. The molecular weight excluding hydrogens is 283 g/mol. The van der Waals surface area contributed by atoms with Gasteiger partial charge in [0.25, 0.3) is 0 Å². The Kier molecular flexibility index (Phi) is 3.23. The fraction of sp³-hybridized carbons (Fsp3) is 0.0526. The summed E-state index contributed by atoms with van der Waals surface area (Å²) in [6, 6.07) is 20.6. The van der Waals surface area contributed by atoms with Crippen LogP contribution in [0.2, 0.25) is 0 Å². The molecule has 0 spiro atoms. The quantitative estimate of drug-likeness (QED) is 0.702. The molecule has 2 N–H and O–H groups in total. The van der Waals surface area contributed by atoms with E-state index in [4.69, 9.17) is 4.74 Å². The van der Waals surface area contributed by atoms with E-state index in [0.29, 0.717) is 0 Å². The van der Waals surface area contributed by atoms with E-state index < -0.39 is 0 Å². The lowest BCUT2D eigenvalue weighted by molar-refractivity contribution is 0.413. The summed E-state index contributed by atoms with van der Waals surface area (Å²) in [5, 5.41) is 9.53. The van der Waals surface area contributed by atoms with Gasteiger partial charge in [-0.05, 0) is 29.1 Å². The van der Waals surface area contributed by atoms with Crippen molar-refractivity contribution in [1.29, 1.82) is 0 Å². The number of hydrogen-bond acceptors (Lipinski definition) is 3. The smallest absolute Gasteiger partial charge is 0.406 e. The minimum atomic E-state index is -0.0770. The number of rotatable bonds is 3. The fourth-order valence-electron chi connectivity index (χ4n) is 3.17. The van der Waals surface area contributed by atoms with E-state index in [1.807, 2.05) is 24.3 Å². The molecule has 3 aromatic rings. The molecule has 1 aliphatic heterocycles. The highest BCUT2D eigenvalue weighted by atomic mass is 16.5. The second kappa shape index (κ2) is 5.40. The number of para-hydroxylation sites is 1. The number of anilines is 2. The molecule has 4 heteroatoms. The number of ether oxygens (including phenoxy) is 1. The summed E-state index contributed by atoms with van der Waals surface area (Å²) in [5.41, 5.74) is 4.20. The maximum absolute atomic E-state index is 5.47. The third-order valence-electron chi connectivity index (χ3n) is 4.31. The third kappa shape index (κ3) is 2.23. The van der Waals surface area contributed by atoms with Gasteiger partial charge in [0.1, 0.15) is 5.75 Å². The Bertz CT molecular complexity index is 866. The van der Waals surface area contributed by atoms with Gasteiger partial charge in [-0.2, -0.15) is 0 Å². The normalized spacial score (nSPS) is 12.5. The maximum Gasteiger partial charge on any atom is 0.406 e. The van der Waals surface area contributed by atoms with Crippen molar-refractivity contribution in [2.45, 2.75) is 0 Å². The molecule has 112 valence electrons. The van der Waals surface area contributed by atoms with Crippen LogP contribution in [0.25, 0.3) is 16.2 Å². The zero-order valence-corrected chi connectivity index (χ0v) is 13.0. The lowest BCUT2D eigenvalue weighted by Gasteiger charge is -2.28. The Morgan fingerprint density at radius 2 is 1.57 bits per heavy atom. The predicted octanol–water partition coefficient (Wildman–Crippen LogP) is 4.43. The van der Waals surface area contributed by atoms with E-state index in [1.54, 1.807) is 7.11 Å². The Labute approximate surface area is 136 Å². The largest absolute Gasteiger partial charge is 0.496 e. The molecule has 3 nitrogen and oxygen atoms in total. The van der Waals surface area contributed by atoms with Crippen molar-refractivity contribution in [3.05, 3.63) is 72.8 Å². The van der Waals surface area contributed by atoms with E-state index in [9.17, 15) is 0 Å². The van der Waals surface area contributed by atoms with Crippen molar-refractivity contribution in [3.8, 4) is 5.75 Å². The molecule has 0 saturated carbocycles. The number of benzene rings is 3. The van der Waals surface area contributed by atoms with Crippen LogP contribution in [0.4, 0.5) is 11.4 Å². The average molecular weight is 300 g/mol. The minimum absolute atomic E-state index is 0.0770. The molecule has 3 aromatic carbocycles. The van der Waals surface area contributed by atoms with Gasteiger partial charge >= 0.3 is 6.98 Å². The number of methoxy groups -OCH3 is 1. The molecule has 0 amide bonds. The van der Waals surface area contributed by atoms with Gasteiger partial charge in [0.15, 0.2) is 0 Å². The van der Waals surface area contributed by atoms with Crippen molar-refractivity contribution in [2.75, 3.05) is 17.6 Å². The van der Waals surface area contributed by atoms with Crippen LogP contribution in [-0.4, -0.2) is 14.1 Å². The Balaban J connectivity index is 1.74. The summed E-state index contributed by atoms with van der Waals surface area (Å²) in [5.74, 6) is 0.832. The van der Waals surface area contributed by atoms with Crippen LogP contribution < -0.4 is 15.2 Å². The summed E-state index contributed by atoms with van der Waals surface area (Å²) in [7, 11) is 1.68. The molecule has 0 saturated heterocycles. The van der Waals surface area contributed by atoms with Gasteiger partial charge in [-0.25, -0.2) is 0 Å². The summed E-state index contributed by atoms with van der Waals surface area (Å²) in [4.78, 5) is 0. The fourth-order valence-corrected chi connectivity index (χ4v) is 3.17. The monoisotopic (exact) mass is 300 g/mol. The lowest BCUT2D eigenvalue weighted by Crippen LogP contribution is -2.38. The van der Waals surface area contributed by atoms with Crippen LogP contribution >= 0.6 is 0 Å². The molecule has 0 aliphatic carbocycles. The van der Waals surface area contributed by atoms with Gasteiger partial charge in [0, 0.05) is 22.3 Å². The highest BCUT2D eigenvalue weighted by Crippen LogP contribution is 2.36. The summed E-state index contributed by atoms with van der Waals surface area (Å²) < 4.78 is 5.47. The second-order valence-corrected chi connectivity index (χ2v) is 5.66. The van der Waals surface area contributed by atoms with Gasteiger partial charge in [-0.1, -0.05) is 49.0 Å². The third-order valence-corrected chi connectivity index (χ3v) is 4.31. The van der Waals surface area contributed by atoms with Crippen LogP contribution in [0, 0.1) is 0 Å². The second-order valence-electron chi connectivity index (χ2n) is 5.66. The van der Waals surface area contributed by atoms with Gasteiger partial charge in [0.2, 0.25) is 0 Å². The average Bonchev–Trinajstić information content (AvgIpc) is 2.61. The van der Waals surface area contributed by atoms with Crippen LogP contribution in [0.15, 0.2) is 67.2 Å². The first kappa shape index (κ1) is 13.8. The van der Waals surface area contributed by atoms with Gasteiger partial charge in [-0.15, -0.1) is 0 Å². The first-order chi connectivity index (χ1) is 11.3. The summed E-state index contributed by atoms with van der Waals surface area (Å²) >= 11 is 0. The van der Waals surface area contributed by atoms with Crippen molar-refractivity contribution < 1.29 is 4.74 Å². The summed E-state index contributed by atoms with van der Waals surface area (Å²) in [6.45, 7) is 4.21. The minimum Gasteiger partial charge on any atom is -0.496 e. The van der Waals surface area contributed by atoms with E-state index >= 15 is 0 Å². The van der Waals surface area contributed by atoms with E-state index in [0.717, 1.165) is 28.2 Å². The standard InChI is InChI=1S/C19H17BN2O/c1-13(15-9-3-4-12-18(15)23-2)20-21-16-10-5-7-14-8-6-11-17(22-20)19(14)16/h3-12,21-22H,1H2,2H3. The van der Waals surface area contributed by atoms with E-state index in [-0.39, 0.29) is 6.98 Å². The van der Waals surface area contributed by atoms with Gasteiger partial charge in [0.05, 0.1) is 7.11 Å². The highest BCUT2D eigenvalue weighted by molar-refractivity contribution is 6.85. The molecule has 0 radical (unpaired) electrons. The topological polar surface area (TPSA) is 33.3 Å². The van der Waals surface area contributed by atoms with Gasteiger partial charge in [-0.3, -0.25) is 0 Å². The Morgan fingerprint density at radius 3 is 2.22 bits per heavy atom. The molecule has 23 heavy (non-hydrogen) atoms. The molecular formula is C19H17BN2O. The molecule has 0 unspecified atom stereocenters. The zero-order valence-electron chi connectivity index (χ0n) is 13.0. The number of hydrogen-bond donors (Lipinski definition) is 2. The van der Waals surface area contributed by atoms with Gasteiger partial charge < -0.3 is 15.2 Å². The van der Waals surface area contributed by atoms with E-state index in [1.165, 1.54) is 10.8 Å². The molecule has 0 bridgehead atoms. The van der Waals surface area contributed by atoms with Crippen LogP contribution in [0.5, 0.6) is 5.75 Å². The summed E-state index contributed by atoms with van der Waals surface area (Å²) in [6.07, 6.45) is 0. The predicted molar refractivity (Wildman–Crippen MR) is 99.0 cm³/mol. The highest BCUT2D eigenvalue weighted by Gasteiger charge is 2.28. The van der Waals surface area contributed by atoms with Crippen LogP contribution in [0.1, 0.15) is 5.56 Å².